The Balaban J connectivity index is 1.81. The van der Waals surface area contributed by atoms with E-state index in [2.05, 4.69) is 15.2 Å². The van der Waals surface area contributed by atoms with E-state index < -0.39 is 0 Å². The topological polar surface area (TPSA) is 60.0 Å². The molecule has 1 atom stereocenters. The molecule has 5 heteroatoms. The number of anilines is 1. The molecule has 0 radical (unpaired) electrons. The van der Waals surface area contributed by atoms with Gasteiger partial charge in [0.15, 0.2) is 5.82 Å². The Morgan fingerprint density at radius 3 is 2.83 bits per heavy atom. The fourth-order valence-corrected chi connectivity index (χ4v) is 2.32. The van der Waals surface area contributed by atoms with Gasteiger partial charge in [-0.15, -0.1) is 5.10 Å². The summed E-state index contributed by atoms with van der Waals surface area (Å²) in [6.07, 6.45) is 4.19. The molecule has 0 amide bonds. The van der Waals surface area contributed by atoms with Crippen LogP contribution in [-0.2, 0) is 0 Å². The summed E-state index contributed by atoms with van der Waals surface area (Å²) in [5.41, 5.74) is 7.01. The Kier molecular flexibility index (Phi) is 2.98. The molecule has 0 spiro atoms. The first kappa shape index (κ1) is 11.2. The van der Waals surface area contributed by atoms with E-state index in [9.17, 15) is 0 Å². The fraction of sp³-hybridized carbons (Fsp3) is 0.385. The van der Waals surface area contributed by atoms with Crippen molar-refractivity contribution >= 4 is 5.82 Å². The standard InChI is InChI=1S/C13H17N5/c14-11-5-4-8-17(9-11)13-10-18(16-15-13)12-6-2-1-3-7-12/h1-3,6-7,10-11H,4-5,8-9,14H2. The van der Waals surface area contributed by atoms with Crippen LogP contribution < -0.4 is 10.6 Å². The van der Waals surface area contributed by atoms with Gasteiger partial charge in [-0.25, -0.2) is 4.68 Å². The lowest BCUT2D eigenvalue weighted by Gasteiger charge is -2.30. The molecule has 2 aromatic rings. The maximum atomic E-state index is 5.98. The lowest BCUT2D eigenvalue weighted by molar-refractivity contribution is 0.503. The van der Waals surface area contributed by atoms with E-state index in [-0.39, 0.29) is 6.04 Å². The third-order valence-corrected chi connectivity index (χ3v) is 3.28. The van der Waals surface area contributed by atoms with Crippen molar-refractivity contribution in [2.75, 3.05) is 18.0 Å². The number of hydrogen-bond donors (Lipinski definition) is 1. The van der Waals surface area contributed by atoms with Gasteiger partial charge in [-0.1, -0.05) is 23.4 Å². The Bertz CT molecular complexity index is 507. The summed E-state index contributed by atoms with van der Waals surface area (Å²) in [4.78, 5) is 2.21. The van der Waals surface area contributed by atoms with E-state index in [1.807, 2.05) is 36.5 Å². The second kappa shape index (κ2) is 4.78. The number of hydrogen-bond acceptors (Lipinski definition) is 4. The minimum Gasteiger partial charge on any atom is -0.352 e. The molecule has 0 aliphatic carbocycles. The highest BCUT2D eigenvalue weighted by atomic mass is 15.5. The van der Waals surface area contributed by atoms with Crippen molar-refractivity contribution in [1.82, 2.24) is 15.0 Å². The largest absolute Gasteiger partial charge is 0.352 e. The molecule has 2 heterocycles. The monoisotopic (exact) mass is 243 g/mol. The zero-order valence-electron chi connectivity index (χ0n) is 10.2. The summed E-state index contributed by atoms with van der Waals surface area (Å²) in [5.74, 6) is 0.911. The summed E-state index contributed by atoms with van der Waals surface area (Å²) in [7, 11) is 0. The van der Waals surface area contributed by atoms with Gasteiger partial charge in [0.25, 0.3) is 0 Å². The zero-order chi connectivity index (χ0) is 12.4. The molecular weight excluding hydrogens is 226 g/mol. The highest BCUT2D eigenvalue weighted by molar-refractivity contribution is 5.39. The highest BCUT2D eigenvalue weighted by Crippen LogP contribution is 2.17. The van der Waals surface area contributed by atoms with Crippen LogP contribution in [0, 0.1) is 0 Å². The van der Waals surface area contributed by atoms with Gasteiger partial charge >= 0.3 is 0 Å². The van der Waals surface area contributed by atoms with Gasteiger partial charge in [0, 0.05) is 19.1 Å². The lowest BCUT2D eigenvalue weighted by atomic mass is 10.1. The van der Waals surface area contributed by atoms with Gasteiger partial charge < -0.3 is 10.6 Å². The summed E-state index contributed by atoms with van der Waals surface area (Å²) < 4.78 is 1.80. The molecule has 1 fully saturated rings. The highest BCUT2D eigenvalue weighted by Gasteiger charge is 2.19. The Morgan fingerprint density at radius 2 is 2.06 bits per heavy atom. The van der Waals surface area contributed by atoms with E-state index >= 15 is 0 Å². The van der Waals surface area contributed by atoms with Crippen LogP contribution in [0.2, 0.25) is 0 Å². The Morgan fingerprint density at radius 1 is 1.22 bits per heavy atom. The summed E-state index contributed by atoms with van der Waals surface area (Å²) in [5, 5.41) is 8.40. The van der Waals surface area contributed by atoms with Crippen molar-refractivity contribution in [3.05, 3.63) is 36.5 Å². The molecule has 5 nitrogen and oxygen atoms in total. The average molecular weight is 243 g/mol. The van der Waals surface area contributed by atoms with Gasteiger partial charge in [-0.3, -0.25) is 0 Å². The van der Waals surface area contributed by atoms with Gasteiger partial charge in [0.05, 0.1) is 11.9 Å². The number of nitrogens with zero attached hydrogens (tertiary/aromatic N) is 4. The molecule has 3 rings (SSSR count). The Labute approximate surface area is 106 Å². The van der Waals surface area contributed by atoms with Gasteiger partial charge in [-0.05, 0) is 25.0 Å². The van der Waals surface area contributed by atoms with E-state index in [1.54, 1.807) is 4.68 Å². The molecule has 1 aliphatic heterocycles. The summed E-state index contributed by atoms with van der Waals surface area (Å²) >= 11 is 0. The predicted molar refractivity (Wildman–Crippen MR) is 70.8 cm³/mol. The number of rotatable bonds is 2. The van der Waals surface area contributed by atoms with Crippen LogP contribution in [-0.4, -0.2) is 34.1 Å². The van der Waals surface area contributed by atoms with E-state index in [1.165, 1.54) is 0 Å². The van der Waals surface area contributed by atoms with Crippen LogP contribution in [0.4, 0.5) is 5.82 Å². The minimum absolute atomic E-state index is 0.251. The van der Waals surface area contributed by atoms with Crippen molar-refractivity contribution in [2.45, 2.75) is 18.9 Å². The summed E-state index contributed by atoms with van der Waals surface area (Å²) in [6, 6.07) is 10.3. The fourth-order valence-electron chi connectivity index (χ4n) is 2.32. The SMILES string of the molecule is NC1CCCN(c2cn(-c3ccccc3)nn2)C1. The van der Waals surface area contributed by atoms with Crippen LogP contribution >= 0.6 is 0 Å². The molecule has 0 saturated carbocycles. The van der Waals surface area contributed by atoms with Crippen molar-refractivity contribution in [2.24, 2.45) is 5.73 Å². The maximum Gasteiger partial charge on any atom is 0.171 e. The molecule has 18 heavy (non-hydrogen) atoms. The smallest absolute Gasteiger partial charge is 0.171 e. The van der Waals surface area contributed by atoms with Crippen LogP contribution in [0.3, 0.4) is 0 Å². The normalized spacial score (nSPS) is 20.1. The molecule has 1 saturated heterocycles. The molecule has 1 aromatic heterocycles. The first-order valence-corrected chi connectivity index (χ1v) is 6.31. The quantitative estimate of drug-likeness (QED) is 0.861. The number of benzene rings is 1. The zero-order valence-corrected chi connectivity index (χ0v) is 10.2. The van der Waals surface area contributed by atoms with Gasteiger partial charge in [0.1, 0.15) is 0 Å². The van der Waals surface area contributed by atoms with Crippen molar-refractivity contribution in [1.29, 1.82) is 0 Å². The first-order chi connectivity index (χ1) is 8.83. The van der Waals surface area contributed by atoms with Gasteiger partial charge in [-0.2, -0.15) is 0 Å². The minimum atomic E-state index is 0.251. The second-order valence-corrected chi connectivity index (χ2v) is 4.71. The number of nitrogens with two attached hydrogens (primary N) is 1. The molecular formula is C13H17N5. The van der Waals surface area contributed by atoms with E-state index in [0.29, 0.717) is 0 Å². The number of para-hydroxylation sites is 1. The molecule has 1 aromatic carbocycles. The Hall–Kier alpha value is -1.88. The third kappa shape index (κ3) is 2.22. The lowest BCUT2D eigenvalue weighted by Crippen LogP contribution is -2.43. The van der Waals surface area contributed by atoms with Gasteiger partial charge in [0.2, 0.25) is 0 Å². The van der Waals surface area contributed by atoms with Crippen molar-refractivity contribution in [3.8, 4) is 5.69 Å². The first-order valence-electron chi connectivity index (χ1n) is 6.31. The van der Waals surface area contributed by atoms with Crippen LogP contribution in [0.1, 0.15) is 12.8 Å². The maximum absolute atomic E-state index is 5.98. The molecule has 1 aliphatic rings. The van der Waals surface area contributed by atoms with Crippen molar-refractivity contribution in [3.63, 3.8) is 0 Å². The molecule has 2 N–H and O–H groups in total. The molecule has 1 unspecified atom stereocenters. The summed E-state index contributed by atoms with van der Waals surface area (Å²) in [6.45, 7) is 1.88. The van der Waals surface area contributed by atoms with Crippen molar-refractivity contribution < 1.29 is 0 Å². The average Bonchev–Trinajstić information content (AvgIpc) is 2.89. The molecule has 94 valence electrons. The van der Waals surface area contributed by atoms with E-state index in [4.69, 9.17) is 5.73 Å². The molecule has 0 bridgehead atoms. The van der Waals surface area contributed by atoms with Crippen LogP contribution in [0.15, 0.2) is 36.5 Å². The number of aromatic nitrogens is 3. The van der Waals surface area contributed by atoms with E-state index in [0.717, 1.165) is 37.4 Å². The van der Waals surface area contributed by atoms with Crippen LogP contribution in [0.5, 0.6) is 0 Å². The number of piperidine rings is 1. The third-order valence-electron chi connectivity index (χ3n) is 3.28. The second-order valence-electron chi connectivity index (χ2n) is 4.71. The predicted octanol–water partition coefficient (Wildman–Crippen LogP) is 1.19. The van der Waals surface area contributed by atoms with Crippen LogP contribution in [0.25, 0.3) is 5.69 Å².